The number of ether oxygens (including phenoxy) is 2. The highest BCUT2D eigenvalue weighted by molar-refractivity contribution is 5.70. The van der Waals surface area contributed by atoms with Crippen LogP contribution in [0.25, 0.3) is 0 Å². The highest BCUT2D eigenvalue weighted by Gasteiger charge is 2.16. The van der Waals surface area contributed by atoms with Crippen LogP contribution in [-0.2, 0) is 44.7 Å². The lowest BCUT2D eigenvalue weighted by Crippen LogP contribution is -2.28. The molecule has 7 heteroatoms. The lowest BCUT2D eigenvalue weighted by atomic mass is 10.1. The van der Waals surface area contributed by atoms with E-state index in [1.54, 1.807) is 0 Å². The zero-order valence-electron chi connectivity index (χ0n) is 32.4. The minimum absolute atomic E-state index is 0.0852. The van der Waals surface area contributed by atoms with E-state index in [0.717, 1.165) is 87.9 Å². The second-order valence-corrected chi connectivity index (χ2v) is 14.5. The quantitative estimate of drug-likeness (QED) is 0.0599. The molecule has 2 rings (SSSR count). The van der Waals surface area contributed by atoms with Crippen molar-refractivity contribution < 1.29 is 33.0 Å². The number of esters is 2. The van der Waals surface area contributed by atoms with Crippen molar-refractivity contribution in [3.8, 4) is 0 Å². The van der Waals surface area contributed by atoms with Gasteiger partial charge in [-0.15, -0.1) is 0 Å². The lowest BCUT2D eigenvalue weighted by Gasteiger charge is -2.15. The molecule has 286 valence electrons. The summed E-state index contributed by atoms with van der Waals surface area (Å²) in [6.45, 7) is 8.29. The molecule has 0 aliphatic carbocycles. The van der Waals surface area contributed by atoms with E-state index in [2.05, 4.69) is 39.8 Å². The fraction of sp³-hybridized carbons (Fsp3) is 0.767. The topological polar surface area (TPSA) is 99.1 Å². The van der Waals surface area contributed by atoms with E-state index in [0.29, 0.717) is 12.8 Å². The SMILES string of the molecule is CCCCCc1cc(C)c(CCCCCCCCCCC(=O)OC[C@H](CO)OC(=O)CCCCCCCCCCc2oc(CCC)cc2C)o1. The van der Waals surface area contributed by atoms with Gasteiger partial charge in [-0.1, -0.05) is 104 Å². The van der Waals surface area contributed by atoms with Crippen molar-refractivity contribution in [2.24, 2.45) is 0 Å². The number of carbonyl (C=O) groups excluding carboxylic acids is 2. The van der Waals surface area contributed by atoms with E-state index in [1.807, 2.05) is 0 Å². The lowest BCUT2D eigenvalue weighted by molar-refractivity contribution is -0.161. The summed E-state index contributed by atoms with van der Waals surface area (Å²) in [5.74, 6) is 3.96. The predicted octanol–water partition coefficient (Wildman–Crippen LogP) is 11.4. The number of rotatable bonds is 32. The minimum Gasteiger partial charge on any atom is -0.466 e. The molecular formula is C43H72O7. The van der Waals surface area contributed by atoms with Crippen LogP contribution in [0.3, 0.4) is 0 Å². The molecule has 0 amide bonds. The number of carbonyl (C=O) groups is 2. The predicted molar refractivity (Wildman–Crippen MR) is 203 cm³/mol. The third-order valence-electron chi connectivity index (χ3n) is 9.67. The average molecular weight is 701 g/mol. The molecule has 2 heterocycles. The van der Waals surface area contributed by atoms with Gasteiger partial charge in [0, 0.05) is 38.5 Å². The van der Waals surface area contributed by atoms with E-state index in [1.165, 1.54) is 100 Å². The summed E-state index contributed by atoms with van der Waals surface area (Å²) in [7, 11) is 0. The van der Waals surface area contributed by atoms with Gasteiger partial charge in [0.1, 0.15) is 29.6 Å². The first-order valence-corrected chi connectivity index (χ1v) is 20.5. The second-order valence-electron chi connectivity index (χ2n) is 14.5. The van der Waals surface area contributed by atoms with Gasteiger partial charge < -0.3 is 23.4 Å². The Morgan fingerprint density at radius 1 is 0.580 bits per heavy atom. The molecule has 0 aromatic carbocycles. The number of hydrogen-bond acceptors (Lipinski definition) is 7. The van der Waals surface area contributed by atoms with Crippen molar-refractivity contribution >= 4 is 11.9 Å². The monoisotopic (exact) mass is 701 g/mol. The first-order valence-electron chi connectivity index (χ1n) is 20.5. The Balaban J connectivity index is 1.37. The van der Waals surface area contributed by atoms with Crippen LogP contribution in [0.2, 0.25) is 0 Å². The molecule has 2 aromatic rings. The Kier molecular flexibility index (Phi) is 24.5. The van der Waals surface area contributed by atoms with Gasteiger partial charge in [0.25, 0.3) is 0 Å². The highest BCUT2D eigenvalue weighted by Crippen LogP contribution is 2.21. The maximum atomic E-state index is 12.2. The summed E-state index contributed by atoms with van der Waals surface area (Å²) in [6.07, 6.45) is 26.7. The number of aliphatic hydroxyl groups is 1. The van der Waals surface area contributed by atoms with Gasteiger partial charge in [0.05, 0.1) is 6.61 Å². The summed E-state index contributed by atoms with van der Waals surface area (Å²) >= 11 is 0. The molecule has 0 spiro atoms. The maximum absolute atomic E-state index is 12.2. The number of furan rings is 2. The molecule has 0 radical (unpaired) electrons. The number of aliphatic hydroxyl groups excluding tert-OH is 1. The van der Waals surface area contributed by atoms with Gasteiger partial charge >= 0.3 is 11.9 Å². The van der Waals surface area contributed by atoms with Crippen LogP contribution in [0.15, 0.2) is 21.0 Å². The second kappa shape index (κ2) is 28.1. The Morgan fingerprint density at radius 2 is 1.02 bits per heavy atom. The van der Waals surface area contributed by atoms with Gasteiger partial charge in [-0.2, -0.15) is 0 Å². The Hall–Kier alpha value is -2.54. The molecule has 0 unspecified atom stereocenters. The molecule has 0 saturated carbocycles. The van der Waals surface area contributed by atoms with Crippen molar-refractivity contribution in [1.82, 2.24) is 0 Å². The van der Waals surface area contributed by atoms with E-state index in [4.69, 9.17) is 18.3 Å². The number of hydrogen-bond donors (Lipinski definition) is 1. The third-order valence-corrected chi connectivity index (χ3v) is 9.67. The largest absolute Gasteiger partial charge is 0.466 e. The molecule has 1 N–H and O–H groups in total. The highest BCUT2D eigenvalue weighted by atomic mass is 16.6. The Bertz CT molecular complexity index is 1150. The van der Waals surface area contributed by atoms with Crippen LogP contribution in [-0.4, -0.2) is 36.4 Å². The molecule has 0 aliphatic heterocycles. The van der Waals surface area contributed by atoms with Crippen LogP contribution in [0.5, 0.6) is 0 Å². The number of aryl methyl sites for hydroxylation is 6. The molecular weight excluding hydrogens is 628 g/mol. The minimum atomic E-state index is -0.792. The molecule has 50 heavy (non-hydrogen) atoms. The van der Waals surface area contributed by atoms with Crippen molar-refractivity contribution in [3.05, 3.63) is 46.3 Å². The van der Waals surface area contributed by atoms with E-state index < -0.39 is 6.10 Å². The van der Waals surface area contributed by atoms with Crippen LogP contribution in [0, 0.1) is 13.8 Å². The van der Waals surface area contributed by atoms with Gasteiger partial charge in [-0.25, -0.2) is 0 Å². The Morgan fingerprint density at radius 3 is 1.50 bits per heavy atom. The van der Waals surface area contributed by atoms with Crippen LogP contribution < -0.4 is 0 Å². The van der Waals surface area contributed by atoms with Gasteiger partial charge in [-0.05, 0) is 75.6 Å². The summed E-state index contributed by atoms with van der Waals surface area (Å²) in [6, 6.07) is 4.41. The molecule has 0 aliphatic rings. The van der Waals surface area contributed by atoms with E-state index in [-0.39, 0.29) is 25.2 Å². The summed E-state index contributed by atoms with van der Waals surface area (Å²) < 4.78 is 22.7. The Labute approximate surface area is 304 Å². The normalized spacial score (nSPS) is 12.0. The fourth-order valence-corrected chi connectivity index (χ4v) is 6.58. The zero-order chi connectivity index (χ0) is 36.2. The van der Waals surface area contributed by atoms with Gasteiger partial charge in [-0.3, -0.25) is 9.59 Å². The van der Waals surface area contributed by atoms with Crippen LogP contribution in [0.1, 0.15) is 189 Å². The summed E-state index contributed by atoms with van der Waals surface area (Å²) in [5.41, 5.74) is 2.59. The summed E-state index contributed by atoms with van der Waals surface area (Å²) in [5, 5.41) is 9.60. The molecule has 0 bridgehead atoms. The van der Waals surface area contributed by atoms with Crippen molar-refractivity contribution in [3.63, 3.8) is 0 Å². The van der Waals surface area contributed by atoms with Gasteiger partial charge in [0.2, 0.25) is 0 Å². The molecule has 2 aromatic heterocycles. The van der Waals surface area contributed by atoms with Crippen molar-refractivity contribution in [2.75, 3.05) is 13.2 Å². The van der Waals surface area contributed by atoms with Crippen LogP contribution >= 0.6 is 0 Å². The van der Waals surface area contributed by atoms with Crippen LogP contribution in [0.4, 0.5) is 0 Å². The fourth-order valence-electron chi connectivity index (χ4n) is 6.58. The first-order chi connectivity index (χ1) is 24.4. The van der Waals surface area contributed by atoms with E-state index in [9.17, 15) is 14.7 Å². The van der Waals surface area contributed by atoms with Crippen molar-refractivity contribution in [2.45, 2.75) is 201 Å². The standard InChI is InChI=1S/C43H72O7/c1-5-7-20-26-38-32-36(4)41(49-38)28-22-17-12-8-10-14-18-23-29-42(45)47-34-39(33-44)50-43(46)30-24-19-15-11-9-13-16-21-27-40-35(3)31-37(48-40)25-6-2/h31-32,39,44H,5-30,33-34H2,1-4H3/t39-/m0/s1. The summed E-state index contributed by atoms with van der Waals surface area (Å²) in [4.78, 5) is 24.4. The van der Waals surface area contributed by atoms with E-state index >= 15 is 0 Å². The zero-order valence-corrected chi connectivity index (χ0v) is 32.4. The maximum Gasteiger partial charge on any atom is 0.306 e. The number of unbranched alkanes of at least 4 members (excludes halogenated alkanes) is 16. The first kappa shape index (κ1) is 43.6. The molecule has 1 atom stereocenters. The van der Waals surface area contributed by atoms with Gasteiger partial charge in [0.15, 0.2) is 6.10 Å². The smallest absolute Gasteiger partial charge is 0.306 e. The molecule has 0 saturated heterocycles. The third kappa shape index (κ3) is 20.3. The average Bonchev–Trinajstić information content (AvgIpc) is 3.64. The van der Waals surface area contributed by atoms with Crippen molar-refractivity contribution in [1.29, 1.82) is 0 Å². The molecule has 0 fully saturated rings. The molecule has 7 nitrogen and oxygen atoms in total.